The molecule has 150 valence electrons. The van der Waals surface area contributed by atoms with Gasteiger partial charge in [0, 0.05) is 11.1 Å². The zero-order valence-corrected chi connectivity index (χ0v) is 17.2. The lowest BCUT2D eigenvalue weighted by Gasteiger charge is -2.13. The Labute approximate surface area is 183 Å². The number of fused-ring (bicyclic) bond motifs is 1. The minimum absolute atomic E-state index is 0.0636. The Kier molecular flexibility index (Phi) is 5.75. The number of carbonyl (C=O) groups is 2. The second kappa shape index (κ2) is 8.79. The summed E-state index contributed by atoms with van der Waals surface area (Å²) in [5.74, 6) is 2.47. The van der Waals surface area contributed by atoms with Crippen LogP contribution in [0.25, 0.3) is 16.8 Å². The number of hydrogen-bond acceptors (Lipinski definition) is 5. The summed E-state index contributed by atoms with van der Waals surface area (Å²) in [5, 5.41) is 10.8. The molecule has 1 heterocycles. The van der Waals surface area contributed by atoms with Gasteiger partial charge in [0.15, 0.2) is 0 Å². The van der Waals surface area contributed by atoms with Crippen molar-refractivity contribution >= 4 is 39.8 Å². The lowest BCUT2D eigenvalue weighted by molar-refractivity contribution is -0.122. The molecule has 3 aromatic carbocycles. The maximum absolute atomic E-state index is 12.7. The van der Waals surface area contributed by atoms with E-state index in [0.29, 0.717) is 21.8 Å². The van der Waals surface area contributed by atoms with Gasteiger partial charge in [-0.15, -0.1) is 6.42 Å². The van der Waals surface area contributed by atoms with Gasteiger partial charge in [-0.3, -0.25) is 14.5 Å². The third kappa shape index (κ3) is 4.02. The van der Waals surface area contributed by atoms with Crippen LogP contribution in [-0.2, 0) is 11.4 Å². The third-order valence-electron chi connectivity index (χ3n) is 4.85. The van der Waals surface area contributed by atoms with Crippen LogP contribution in [0.15, 0.2) is 65.6 Å². The van der Waals surface area contributed by atoms with E-state index in [4.69, 9.17) is 11.2 Å². The molecule has 3 aromatic rings. The Balaban J connectivity index is 1.75. The molecule has 4 rings (SSSR count). The van der Waals surface area contributed by atoms with Crippen LogP contribution in [0.1, 0.15) is 16.7 Å². The van der Waals surface area contributed by atoms with E-state index >= 15 is 0 Å². The van der Waals surface area contributed by atoms with Crippen molar-refractivity contribution in [3.05, 3.63) is 82.3 Å². The highest BCUT2D eigenvalue weighted by atomic mass is 32.2. The van der Waals surface area contributed by atoms with Crippen molar-refractivity contribution in [1.29, 1.82) is 5.26 Å². The average molecular weight is 424 g/mol. The lowest BCUT2D eigenvalue weighted by Crippen LogP contribution is -2.28. The number of benzene rings is 3. The Morgan fingerprint density at radius 2 is 1.84 bits per heavy atom. The molecular formula is C25H16N2O3S. The van der Waals surface area contributed by atoms with Crippen molar-refractivity contribution in [2.24, 2.45) is 0 Å². The molecule has 0 bridgehead atoms. The molecule has 0 spiro atoms. The number of nitriles is 1. The van der Waals surface area contributed by atoms with Gasteiger partial charge < -0.3 is 4.74 Å². The molecule has 0 atom stereocenters. The molecule has 2 amide bonds. The van der Waals surface area contributed by atoms with E-state index in [9.17, 15) is 14.9 Å². The van der Waals surface area contributed by atoms with E-state index in [2.05, 4.69) is 12.0 Å². The van der Waals surface area contributed by atoms with E-state index in [0.717, 1.165) is 33.0 Å². The second-order valence-electron chi connectivity index (χ2n) is 6.73. The highest BCUT2D eigenvalue weighted by molar-refractivity contribution is 8.18. The van der Waals surface area contributed by atoms with Crippen LogP contribution < -0.4 is 4.74 Å². The number of carbonyl (C=O) groups excluding carboxylic acids is 2. The highest BCUT2D eigenvalue weighted by Crippen LogP contribution is 2.37. The van der Waals surface area contributed by atoms with Crippen LogP contribution in [0.2, 0.25) is 0 Å². The smallest absolute Gasteiger partial charge is 0.294 e. The van der Waals surface area contributed by atoms with Crippen LogP contribution in [0, 0.1) is 23.7 Å². The summed E-state index contributed by atoms with van der Waals surface area (Å²) in [6, 6.07) is 20.9. The molecule has 5 nitrogen and oxygen atoms in total. The Hall–Kier alpha value is -4.00. The van der Waals surface area contributed by atoms with Gasteiger partial charge in [-0.05, 0) is 40.7 Å². The normalized spacial score (nSPS) is 14.6. The van der Waals surface area contributed by atoms with Gasteiger partial charge in [0.25, 0.3) is 11.1 Å². The molecule has 0 saturated carbocycles. The zero-order valence-electron chi connectivity index (χ0n) is 16.4. The first-order valence-corrected chi connectivity index (χ1v) is 10.3. The Bertz CT molecular complexity index is 1310. The maximum atomic E-state index is 12.7. The summed E-state index contributed by atoms with van der Waals surface area (Å²) in [4.78, 5) is 26.2. The van der Waals surface area contributed by atoms with Crippen molar-refractivity contribution in [2.45, 2.75) is 6.61 Å². The summed E-state index contributed by atoms with van der Waals surface area (Å²) in [6.45, 7) is 0.132. The van der Waals surface area contributed by atoms with E-state index < -0.39 is 5.91 Å². The molecule has 1 fully saturated rings. The van der Waals surface area contributed by atoms with Gasteiger partial charge in [0.05, 0.1) is 23.1 Å². The van der Waals surface area contributed by atoms with Crippen molar-refractivity contribution in [2.75, 3.05) is 6.54 Å². The van der Waals surface area contributed by atoms with Gasteiger partial charge in [-0.1, -0.05) is 54.5 Å². The second-order valence-corrected chi connectivity index (χ2v) is 7.72. The monoisotopic (exact) mass is 424 g/mol. The van der Waals surface area contributed by atoms with Gasteiger partial charge in [0.1, 0.15) is 12.4 Å². The van der Waals surface area contributed by atoms with Crippen molar-refractivity contribution in [1.82, 2.24) is 4.90 Å². The van der Waals surface area contributed by atoms with Gasteiger partial charge >= 0.3 is 0 Å². The Morgan fingerprint density at radius 1 is 1.06 bits per heavy atom. The quantitative estimate of drug-likeness (QED) is 0.428. The van der Waals surface area contributed by atoms with Gasteiger partial charge in [-0.2, -0.15) is 5.26 Å². The number of ether oxygens (including phenoxy) is 1. The first-order valence-electron chi connectivity index (χ1n) is 9.43. The van der Waals surface area contributed by atoms with E-state index in [1.165, 1.54) is 0 Å². The summed E-state index contributed by atoms with van der Waals surface area (Å²) >= 11 is 0.859. The molecule has 31 heavy (non-hydrogen) atoms. The minimum Gasteiger partial charge on any atom is -0.488 e. The van der Waals surface area contributed by atoms with E-state index in [1.807, 2.05) is 48.5 Å². The first-order chi connectivity index (χ1) is 15.1. The van der Waals surface area contributed by atoms with E-state index in [-0.39, 0.29) is 18.4 Å². The number of thioether (sulfide) groups is 1. The standard InChI is InChI=1S/C25H16N2O3S/c1-2-13-27-24(28)23(31-25(27)29)14-21-20-10-6-5-7-17(20)11-12-22(21)30-16-19-9-4-3-8-18(19)15-26/h1,3-12,14H,13,16H2. The molecule has 1 aliphatic heterocycles. The number of nitrogens with zero attached hydrogens (tertiary/aromatic N) is 2. The first kappa shape index (κ1) is 20.3. The molecule has 0 radical (unpaired) electrons. The number of rotatable bonds is 5. The fraction of sp³-hybridized carbons (Fsp3) is 0.0800. The van der Waals surface area contributed by atoms with Crippen LogP contribution in [0.3, 0.4) is 0 Å². The largest absolute Gasteiger partial charge is 0.488 e. The highest BCUT2D eigenvalue weighted by Gasteiger charge is 2.34. The van der Waals surface area contributed by atoms with Crippen molar-refractivity contribution in [3.63, 3.8) is 0 Å². The molecule has 0 aliphatic carbocycles. The fourth-order valence-corrected chi connectivity index (χ4v) is 4.14. The number of imide groups is 1. The van der Waals surface area contributed by atoms with Crippen molar-refractivity contribution < 1.29 is 14.3 Å². The SMILES string of the molecule is C#CCN1C(=O)SC(=Cc2c(OCc3ccccc3C#N)ccc3ccccc23)C1=O. The zero-order chi connectivity index (χ0) is 21.8. The van der Waals surface area contributed by atoms with Crippen molar-refractivity contribution in [3.8, 4) is 24.2 Å². The summed E-state index contributed by atoms with van der Waals surface area (Å²) in [6.07, 6.45) is 6.96. The molecule has 6 heteroatoms. The molecule has 0 unspecified atom stereocenters. The van der Waals surface area contributed by atoms with Gasteiger partial charge in [-0.25, -0.2) is 0 Å². The molecule has 1 saturated heterocycles. The summed E-state index contributed by atoms with van der Waals surface area (Å²) < 4.78 is 6.07. The van der Waals surface area contributed by atoms with Crippen LogP contribution in [-0.4, -0.2) is 22.6 Å². The number of hydrogen-bond donors (Lipinski definition) is 0. The van der Waals surface area contributed by atoms with Crippen LogP contribution in [0.4, 0.5) is 4.79 Å². The fourth-order valence-electron chi connectivity index (χ4n) is 3.32. The summed E-state index contributed by atoms with van der Waals surface area (Å²) in [7, 11) is 0. The summed E-state index contributed by atoms with van der Waals surface area (Å²) in [5.41, 5.74) is 2.00. The maximum Gasteiger partial charge on any atom is 0.294 e. The van der Waals surface area contributed by atoms with Gasteiger partial charge in [0.2, 0.25) is 0 Å². The average Bonchev–Trinajstić information content (AvgIpc) is 3.06. The van der Waals surface area contributed by atoms with Crippen LogP contribution in [0.5, 0.6) is 5.75 Å². The molecule has 0 N–H and O–H groups in total. The topological polar surface area (TPSA) is 70.4 Å². The number of terminal acetylenes is 1. The molecule has 0 aromatic heterocycles. The predicted octanol–water partition coefficient (Wildman–Crippen LogP) is 4.96. The molecule has 1 aliphatic rings. The predicted molar refractivity (Wildman–Crippen MR) is 121 cm³/mol. The minimum atomic E-state index is -0.415. The molecular weight excluding hydrogens is 408 g/mol. The van der Waals surface area contributed by atoms with E-state index in [1.54, 1.807) is 18.2 Å². The van der Waals surface area contributed by atoms with Crippen LogP contribution >= 0.6 is 11.8 Å². The third-order valence-corrected chi connectivity index (χ3v) is 5.76. The number of amides is 2. The lowest BCUT2D eigenvalue weighted by atomic mass is 10.0. The Morgan fingerprint density at radius 3 is 2.65 bits per heavy atom.